The molecule has 0 aliphatic carbocycles. The molecular formula is C9H12N6O. The summed E-state index contributed by atoms with van der Waals surface area (Å²) in [6, 6.07) is 0. The van der Waals surface area contributed by atoms with Crippen molar-refractivity contribution in [2.45, 2.75) is 0 Å². The molecule has 3 N–H and O–H groups in total. The molecule has 0 radical (unpaired) electrons. The maximum absolute atomic E-state index is 8.68. The topological polar surface area (TPSA) is 95.9 Å². The van der Waals surface area contributed by atoms with E-state index >= 15 is 0 Å². The Kier molecular flexibility index (Phi) is 3.06. The van der Waals surface area contributed by atoms with E-state index in [1.165, 1.54) is 0 Å². The zero-order chi connectivity index (χ0) is 11.4. The molecular weight excluding hydrogens is 208 g/mol. The summed E-state index contributed by atoms with van der Waals surface area (Å²) in [4.78, 5) is 16.6. The number of aromatic nitrogens is 4. The lowest BCUT2D eigenvalue weighted by atomic mass is 10.5. The summed E-state index contributed by atoms with van der Waals surface area (Å²) in [5, 5.41) is 14.4. The third-order valence-electron chi connectivity index (χ3n) is 1.94. The second kappa shape index (κ2) is 4.67. The van der Waals surface area contributed by atoms with Crippen LogP contribution in [0.3, 0.4) is 0 Å². The van der Waals surface area contributed by atoms with Crippen molar-refractivity contribution in [3.05, 3.63) is 12.4 Å². The van der Waals surface area contributed by atoms with Gasteiger partial charge in [0.05, 0.1) is 19.0 Å². The molecule has 84 valence electrons. The predicted molar refractivity (Wildman–Crippen MR) is 60.3 cm³/mol. The monoisotopic (exact) mass is 220 g/mol. The zero-order valence-corrected chi connectivity index (χ0v) is 8.80. The SMILES string of the molecule is CNc1ncc2ncc(NCCO)nc2n1. The van der Waals surface area contributed by atoms with E-state index in [-0.39, 0.29) is 6.61 Å². The molecule has 0 fully saturated rings. The molecule has 0 spiro atoms. The number of nitrogens with one attached hydrogen (secondary N) is 2. The molecule has 0 aliphatic heterocycles. The van der Waals surface area contributed by atoms with E-state index < -0.39 is 0 Å². The van der Waals surface area contributed by atoms with Crippen LogP contribution in [0.5, 0.6) is 0 Å². The maximum Gasteiger partial charge on any atom is 0.224 e. The van der Waals surface area contributed by atoms with Gasteiger partial charge in [0.1, 0.15) is 11.3 Å². The number of anilines is 2. The molecule has 2 rings (SSSR count). The molecule has 0 bridgehead atoms. The van der Waals surface area contributed by atoms with Crippen molar-refractivity contribution < 1.29 is 5.11 Å². The largest absolute Gasteiger partial charge is 0.395 e. The Morgan fingerprint density at radius 1 is 1.25 bits per heavy atom. The molecule has 0 aromatic carbocycles. The lowest BCUT2D eigenvalue weighted by molar-refractivity contribution is 0.311. The summed E-state index contributed by atoms with van der Waals surface area (Å²) < 4.78 is 0. The fourth-order valence-corrected chi connectivity index (χ4v) is 1.20. The van der Waals surface area contributed by atoms with Crippen LogP contribution in [0, 0.1) is 0 Å². The van der Waals surface area contributed by atoms with Gasteiger partial charge in [-0.2, -0.15) is 4.98 Å². The number of hydrogen-bond donors (Lipinski definition) is 3. The number of aliphatic hydroxyl groups excluding tert-OH is 1. The Hall–Kier alpha value is -2.02. The van der Waals surface area contributed by atoms with Gasteiger partial charge in [0.2, 0.25) is 5.95 Å². The van der Waals surface area contributed by atoms with E-state index in [0.717, 1.165) is 0 Å². The number of nitrogens with zero attached hydrogens (tertiary/aromatic N) is 4. The van der Waals surface area contributed by atoms with Crippen LogP contribution in [0.4, 0.5) is 11.8 Å². The molecule has 7 nitrogen and oxygen atoms in total. The summed E-state index contributed by atoms with van der Waals surface area (Å²) in [6.45, 7) is 0.482. The van der Waals surface area contributed by atoms with Gasteiger partial charge in [-0.1, -0.05) is 0 Å². The molecule has 0 atom stereocenters. The molecule has 2 heterocycles. The van der Waals surface area contributed by atoms with E-state index in [1.54, 1.807) is 19.4 Å². The first-order valence-electron chi connectivity index (χ1n) is 4.86. The van der Waals surface area contributed by atoms with Gasteiger partial charge in [0.25, 0.3) is 0 Å². The van der Waals surface area contributed by atoms with Crippen molar-refractivity contribution in [2.75, 3.05) is 30.8 Å². The number of rotatable bonds is 4. The van der Waals surface area contributed by atoms with E-state index in [2.05, 4.69) is 30.6 Å². The normalized spacial score (nSPS) is 10.4. The minimum atomic E-state index is 0.0469. The van der Waals surface area contributed by atoms with Crippen LogP contribution in [-0.2, 0) is 0 Å². The van der Waals surface area contributed by atoms with Crippen molar-refractivity contribution in [2.24, 2.45) is 0 Å². The molecule has 7 heteroatoms. The second-order valence-corrected chi connectivity index (χ2v) is 3.06. The van der Waals surface area contributed by atoms with Crippen LogP contribution in [0.25, 0.3) is 11.2 Å². The van der Waals surface area contributed by atoms with E-state index in [1.807, 2.05) is 0 Å². The van der Waals surface area contributed by atoms with Gasteiger partial charge in [-0.3, -0.25) is 0 Å². The van der Waals surface area contributed by atoms with Gasteiger partial charge < -0.3 is 15.7 Å². The number of aliphatic hydroxyl groups is 1. The quantitative estimate of drug-likeness (QED) is 0.660. The first kappa shape index (κ1) is 10.5. The molecule has 0 aliphatic rings. The summed E-state index contributed by atoms with van der Waals surface area (Å²) in [5.74, 6) is 1.09. The van der Waals surface area contributed by atoms with Crippen LogP contribution in [0.15, 0.2) is 12.4 Å². The Labute approximate surface area is 92.0 Å². The Morgan fingerprint density at radius 3 is 2.88 bits per heavy atom. The van der Waals surface area contributed by atoms with Crippen LogP contribution in [-0.4, -0.2) is 45.2 Å². The van der Waals surface area contributed by atoms with Gasteiger partial charge in [0, 0.05) is 13.6 Å². The summed E-state index contributed by atoms with van der Waals surface area (Å²) >= 11 is 0. The third-order valence-corrected chi connectivity index (χ3v) is 1.94. The lowest BCUT2D eigenvalue weighted by Gasteiger charge is -2.04. The van der Waals surface area contributed by atoms with E-state index in [0.29, 0.717) is 29.5 Å². The van der Waals surface area contributed by atoms with Crippen molar-refractivity contribution in [3.63, 3.8) is 0 Å². The molecule has 0 amide bonds. The summed E-state index contributed by atoms with van der Waals surface area (Å²) in [5.41, 5.74) is 1.15. The van der Waals surface area contributed by atoms with Gasteiger partial charge in [-0.25, -0.2) is 15.0 Å². The van der Waals surface area contributed by atoms with Crippen LogP contribution >= 0.6 is 0 Å². The molecule has 0 saturated carbocycles. The minimum Gasteiger partial charge on any atom is -0.395 e. The predicted octanol–water partition coefficient (Wildman–Crippen LogP) is -0.134. The molecule has 2 aromatic rings. The first-order valence-corrected chi connectivity index (χ1v) is 4.86. The third kappa shape index (κ3) is 2.14. The van der Waals surface area contributed by atoms with Crippen LogP contribution in [0.1, 0.15) is 0 Å². The number of fused-ring (bicyclic) bond motifs is 1. The molecule has 16 heavy (non-hydrogen) atoms. The first-order chi connectivity index (χ1) is 7.83. The molecule has 2 aromatic heterocycles. The van der Waals surface area contributed by atoms with Crippen LogP contribution < -0.4 is 10.6 Å². The molecule has 0 unspecified atom stereocenters. The van der Waals surface area contributed by atoms with Gasteiger partial charge in [-0.05, 0) is 0 Å². The summed E-state index contributed by atoms with van der Waals surface area (Å²) in [7, 11) is 1.74. The lowest BCUT2D eigenvalue weighted by Crippen LogP contribution is -2.08. The maximum atomic E-state index is 8.68. The van der Waals surface area contributed by atoms with Gasteiger partial charge in [0.15, 0.2) is 5.65 Å². The van der Waals surface area contributed by atoms with E-state index in [9.17, 15) is 0 Å². The highest BCUT2D eigenvalue weighted by atomic mass is 16.3. The average molecular weight is 220 g/mol. The number of hydrogen-bond acceptors (Lipinski definition) is 7. The second-order valence-electron chi connectivity index (χ2n) is 3.06. The highest BCUT2D eigenvalue weighted by molar-refractivity contribution is 5.71. The average Bonchev–Trinajstić information content (AvgIpc) is 2.35. The van der Waals surface area contributed by atoms with Crippen molar-refractivity contribution in [1.82, 2.24) is 19.9 Å². The fourth-order valence-electron chi connectivity index (χ4n) is 1.20. The fraction of sp³-hybridized carbons (Fsp3) is 0.333. The minimum absolute atomic E-state index is 0.0469. The van der Waals surface area contributed by atoms with Crippen molar-refractivity contribution in [3.8, 4) is 0 Å². The highest BCUT2D eigenvalue weighted by Gasteiger charge is 2.02. The standard InChI is InChI=1S/C9H12N6O/c1-10-9-13-4-6-8(15-9)14-7(5-12-6)11-2-3-16/h4-5,16H,2-3H2,1H3,(H2,10,11,13,14,15). The Morgan fingerprint density at radius 2 is 2.12 bits per heavy atom. The highest BCUT2D eigenvalue weighted by Crippen LogP contribution is 2.10. The van der Waals surface area contributed by atoms with Gasteiger partial charge >= 0.3 is 0 Å². The van der Waals surface area contributed by atoms with Crippen molar-refractivity contribution >= 4 is 22.9 Å². The van der Waals surface area contributed by atoms with Crippen LogP contribution in [0.2, 0.25) is 0 Å². The smallest absolute Gasteiger partial charge is 0.224 e. The summed E-state index contributed by atoms with van der Waals surface area (Å²) in [6.07, 6.45) is 3.19. The van der Waals surface area contributed by atoms with Gasteiger partial charge in [-0.15, -0.1) is 0 Å². The van der Waals surface area contributed by atoms with E-state index in [4.69, 9.17) is 5.11 Å². The molecule has 0 saturated heterocycles. The van der Waals surface area contributed by atoms with Crippen molar-refractivity contribution in [1.29, 1.82) is 0 Å². The zero-order valence-electron chi connectivity index (χ0n) is 8.80. The Balaban J connectivity index is 2.35. The Bertz CT molecular complexity index is 488.